The first-order valence-electron chi connectivity index (χ1n) is 11.2. The summed E-state index contributed by atoms with van der Waals surface area (Å²) in [6.45, 7) is 3.14. The van der Waals surface area contributed by atoms with Crippen LogP contribution in [0.4, 0.5) is 0 Å². The molecule has 1 aromatic rings. The molecule has 0 amide bonds. The van der Waals surface area contributed by atoms with E-state index in [1.165, 1.54) is 12.8 Å². The number of esters is 2. The lowest BCUT2D eigenvalue weighted by atomic mass is 10.1. The minimum absolute atomic E-state index is 0.0668. The lowest BCUT2D eigenvalue weighted by Crippen LogP contribution is -2.07. The van der Waals surface area contributed by atoms with E-state index in [4.69, 9.17) is 21.1 Å². The fourth-order valence-electron chi connectivity index (χ4n) is 3.04. The molecule has 0 aromatic heterocycles. The van der Waals surface area contributed by atoms with Gasteiger partial charge in [0.05, 0.1) is 13.2 Å². The van der Waals surface area contributed by atoms with Crippen molar-refractivity contribution in [3.05, 3.63) is 34.9 Å². The predicted molar refractivity (Wildman–Crippen MR) is 118 cm³/mol. The topological polar surface area (TPSA) is 52.6 Å². The van der Waals surface area contributed by atoms with Gasteiger partial charge < -0.3 is 9.47 Å². The van der Waals surface area contributed by atoms with Crippen molar-refractivity contribution in [2.24, 2.45) is 0 Å². The Labute approximate surface area is 181 Å². The predicted octanol–water partition coefficient (Wildman–Crippen LogP) is 6.67. The number of ether oxygens (including phenoxy) is 2. The first-order valence-corrected chi connectivity index (χ1v) is 11.5. The Morgan fingerprint density at radius 1 is 0.724 bits per heavy atom. The van der Waals surface area contributed by atoms with Gasteiger partial charge in [-0.3, -0.25) is 9.59 Å². The normalized spacial score (nSPS) is 10.7. The van der Waals surface area contributed by atoms with Crippen LogP contribution in [0.2, 0.25) is 5.02 Å². The van der Waals surface area contributed by atoms with Gasteiger partial charge in [-0.2, -0.15) is 0 Å². The molecule has 0 aliphatic rings. The van der Waals surface area contributed by atoms with Crippen molar-refractivity contribution in [1.82, 2.24) is 0 Å². The summed E-state index contributed by atoms with van der Waals surface area (Å²) in [5, 5.41) is 0.712. The van der Waals surface area contributed by atoms with Crippen LogP contribution in [0.15, 0.2) is 24.3 Å². The monoisotopic (exact) mass is 424 g/mol. The van der Waals surface area contributed by atoms with Crippen LogP contribution in [0.5, 0.6) is 0 Å². The van der Waals surface area contributed by atoms with Crippen LogP contribution in [0.1, 0.15) is 89.5 Å². The smallest absolute Gasteiger partial charge is 0.305 e. The minimum atomic E-state index is -0.124. The van der Waals surface area contributed by atoms with Crippen molar-refractivity contribution in [3.63, 3.8) is 0 Å². The summed E-state index contributed by atoms with van der Waals surface area (Å²) in [6.07, 6.45) is 12.2. The molecule has 0 aliphatic carbocycles. The summed E-state index contributed by atoms with van der Waals surface area (Å²) in [5.74, 6) is -0.191. The Balaban J connectivity index is 1.86. The zero-order valence-electron chi connectivity index (χ0n) is 17.9. The molecule has 164 valence electrons. The van der Waals surface area contributed by atoms with Crippen LogP contribution < -0.4 is 0 Å². The van der Waals surface area contributed by atoms with Crippen molar-refractivity contribution >= 4 is 23.5 Å². The van der Waals surface area contributed by atoms with Crippen LogP contribution in [-0.4, -0.2) is 25.2 Å². The van der Waals surface area contributed by atoms with Crippen molar-refractivity contribution < 1.29 is 19.1 Å². The molecule has 0 radical (unpaired) electrons. The van der Waals surface area contributed by atoms with Gasteiger partial charge in [-0.25, -0.2) is 0 Å². The van der Waals surface area contributed by atoms with E-state index >= 15 is 0 Å². The standard InChI is InChI=1S/C24H37ClO4/c1-2-3-4-11-19-28-23(26)12-9-7-5-6-8-10-13-24(27)29-20-18-21-14-16-22(25)17-15-21/h14-17H,2-13,18-20H2,1H3. The highest BCUT2D eigenvalue weighted by molar-refractivity contribution is 6.30. The molecule has 1 aromatic carbocycles. The number of rotatable bonds is 17. The third kappa shape index (κ3) is 15.0. The lowest BCUT2D eigenvalue weighted by molar-refractivity contribution is -0.144. The second-order valence-electron chi connectivity index (χ2n) is 7.50. The molecular formula is C24H37ClO4. The van der Waals surface area contributed by atoms with Gasteiger partial charge in [0.15, 0.2) is 0 Å². The molecule has 0 bridgehead atoms. The zero-order valence-corrected chi connectivity index (χ0v) is 18.7. The van der Waals surface area contributed by atoms with E-state index in [1.54, 1.807) is 0 Å². The molecule has 1 rings (SSSR count). The SMILES string of the molecule is CCCCCCOC(=O)CCCCCCCCC(=O)OCCc1ccc(Cl)cc1. The van der Waals surface area contributed by atoms with Crippen molar-refractivity contribution in [3.8, 4) is 0 Å². The van der Waals surface area contributed by atoms with Crippen LogP contribution in [0.3, 0.4) is 0 Å². The first kappa shape index (κ1) is 25.5. The number of benzene rings is 1. The molecule has 0 aliphatic heterocycles. The molecule has 0 spiro atoms. The molecule has 0 N–H and O–H groups in total. The van der Waals surface area contributed by atoms with Crippen LogP contribution in [0, 0.1) is 0 Å². The minimum Gasteiger partial charge on any atom is -0.466 e. The zero-order chi connectivity index (χ0) is 21.2. The molecule has 4 nitrogen and oxygen atoms in total. The van der Waals surface area contributed by atoms with Crippen LogP contribution >= 0.6 is 11.6 Å². The quantitative estimate of drug-likeness (QED) is 0.207. The van der Waals surface area contributed by atoms with Gasteiger partial charge in [0.2, 0.25) is 0 Å². The van der Waals surface area contributed by atoms with E-state index < -0.39 is 0 Å². The molecular weight excluding hydrogens is 388 g/mol. The summed E-state index contributed by atoms with van der Waals surface area (Å²) in [6, 6.07) is 7.58. The number of carbonyl (C=O) groups is 2. The maximum absolute atomic E-state index is 11.7. The van der Waals surface area contributed by atoms with E-state index in [-0.39, 0.29) is 11.9 Å². The van der Waals surface area contributed by atoms with Gasteiger partial charge in [-0.05, 0) is 37.0 Å². The highest BCUT2D eigenvalue weighted by Gasteiger charge is 2.04. The summed E-state index contributed by atoms with van der Waals surface area (Å²) < 4.78 is 10.5. The average Bonchev–Trinajstić information content (AvgIpc) is 2.71. The Kier molecular flexibility index (Phi) is 15.2. The first-order chi connectivity index (χ1) is 14.1. The summed E-state index contributed by atoms with van der Waals surface area (Å²) in [7, 11) is 0. The van der Waals surface area contributed by atoms with Gasteiger partial charge in [0.25, 0.3) is 0 Å². The molecule has 0 unspecified atom stereocenters. The molecule has 5 heteroatoms. The molecule has 0 saturated heterocycles. The average molecular weight is 425 g/mol. The number of hydrogen-bond donors (Lipinski definition) is 0. The van der Waals surface area contributed by atoms with Crippen molar-refractivity contribution in [2.45, 2.75) is 90.4 Å². The van der Waals surface area contributed by atoms with E-state index in [1.807, 2.05) is 24.3 Å². The Morgan fingerprint density at radius 3 is 1.83 bits per heavy atom. The van der Waals surface area contributed by atoms with E-state index in [2.05, 4.69) is 6.92 Å². The van der Waals surface area contributed by atoms with Crippen LogP contribution in [-0.2, 0) is 25.5 Å². The number of carbonyl (C=O) groups excluding carboxylic acids is 2. The largest absolute Gasteiger partial charge is 0.466 e. The molecule has 0 atom stereocenters. The summed E-state index contributed by atoms with van der Waals surface area (Å²) >= 11 is 5.85. The van der Waals surface area contributed by atoms with E-state index in [0.717, 1.165) is 56.9 Å². The Morgan fingerprint density at radius 2 is 1.24 bits per heavy atom. The molecule has 0 saturated carbocycles. The number of halogens is 1. The Hall–Kier alpha value is -1.55. The van der Waals surface area contributed by atoms with Gasteiger partial charge >= 0.3 is 11.9 Å². The van der Waals surface area contributed by atoms with Crippen molar-refractivity contribution in [1.29, 1.82) is 0 Å². The van der Waals surface area contributed by atoms with E-state index in [0.29, 0.717) is 37.5 Å². The highest BCUT2D eigenvalue weighted by Crippen LogP contribution is 2.11. The van der Waals surface area contributed by atoms with Crippen molar-refractivity contribution in [2.75, 3.05) is 13.2 Å². The number of unbranched alkanes of at least 4 members (excludes halogenated alkanes) is 8. The highest BCUT2D eigenvalue weighted by atomic mass is 35.5. The van der Waals surface area contributed by atoms with Gasteiger partial charge in [-0.1, -0.05) is 75.6 Å². The molecule has 0 fully saturated rings. The fraction of sp³-hybridized carbons (Fsp3) is 0.667. The molecule has 29 heavy (non-hydrogen) atoms. The molecule has 0 heterocycles. The third-order valence-electron chi connectivity index (χ3n) is 4.84. The second kappa shape index (κ2) is 17.3. The maximum Gasteiger partial charge on any atom is 0.305 e. The summed E-state index contributed by atoms with van der Waals surface area (Å²) in [4.78, 5) is 23.3. The van der Waals surface area contributed by atoms with E-state index in [9.17, 15) is 9.59 Å². The number of hydrogen-bond acceptors (Lipinski definition) is 4. The summed E-state index contributed by atoms with van der Waals surface area (Å²) in [5.41, 5.74) is 1.11. The fourth-order valence-corrected chi connectivity index (χ4v) is 3.16. The second-order valence-corrected chi connectivity index (χ2v) is 7.94. The Bertz CT molecular complexity index is 557. The lowest BCUT2D eigenvalue weighted by Gasteiger charge is -2.06. The maximum atomic E-state index is 11.7. The van der Waals surface area contributed by atoms with Crippen LogP contribution in [0.25, 0.3) is 0 Å². The van der Waals surface area contributed by atoms with Gasteiger partial charge in [-0.15, -0.1) is 0 Å². The van der Waals surface area contributed by atoms with Gasteiger partial charge in [0.1, 0.15) is 0 Å². The third-order valence-corrected chi connectivity index (χ3v) is 5.09. The van der Waals surface area contributed by atoms with Gasteiger partial charge in [0, 0.05) is 24.3 Å².